The second-order valence-corrected chi connectivity index (χ2v) is 10.6. The molecule has 3 amide bonds. The normalized spacial score (nSPS) is 22.1. The van der Waals surface area contributed by atoms with Gasteiger partial charge in [-0.15, -0.1) is 0 Å². The molecule has 2 N–H and O–H groups in total. The lowest BCUT2D eigenvalue weighted by Gasteiger charge is -2.26. The molecule has 0 aromatic heterocycles. The number of piperidine rings is 1. The van der Waals surface area contributed by atoms with Crippen LogP contribution in [0.2, 0.25) is 0 Å². The molecule has 1 aliphatic carbocycles. The average molecular weight is 518 g/mol. The Balaban J connectivity index is 1.11. The zero-order valence-electron chi connectivity index (χ0n) is 21.7. The Bertz CT molecular complexity index is 1200. The number of nitrogens with zero attached hydrogens (tertiary/aromatic N) is 1. The number of morpholine rings is 1. The van der Waals surface area contributed by atoms with E-state index in [2.05, 4.69) is 15.5 Å². The predicted molar refractivity (Wildman–Crippen MR) is 141 cm³/mol. The maximum absolute atomic E-state index is 13.1. The SMILES string of the molecule is O=C1CCC(CCC2CCc3cc(CNC(=O)c4ccc(CN5CCOCC5)cc4)ccc3C2=O)C(=O)N1. The van der Waals surface area contributed by atoms with Crippen molar-refractivity contribution >= 4 is 23.5 Å². The second kappa shape index (κ2) is 12.0. The van der Waals surface area contributed by atoms with Crippen molar-refractivity contribution in [2.24, 2.45) is 11.8 Å². The Labute approximate surface area is 223 Å². The zero-order valence-corrected chi connectivity index (χ0v) is 21.7. The number of carbonyl (C=O) groups excluding carboxylic acids is 4. The van der Waals surface area contributed by atoms with Crippen LogP contribution < -0.4 is 10.6 Å². The van der Waals surface area contributed by atoms with E-state index in [0.717, 1.165) is 62.4 Å². The molecule has 2 aliphatic heterocycles. The maximum atomic E-state index is 13.1. The molecule has 200 valence electrons. The Morgan fingerprint density at radius 3 is 2.39 bits per heavy atom. The van der Waals surface area contributed by atoms with Crippen molar-refractivity contribution in [1.29, 1.82) is 0 Å². The minimum atomic E-state index is -0.210. The zero-order chi connectivity index (χ0) is 26.5. The summed E-state index contributed by atoms with van der Waals surface area (Å²) in [4.78, 5) is 51.5. The first-order valence-corrected chi connectivity index (χ1v) is 13.6. The van der Waals surface area contributed by atoms with Crippen LogP contribution in [0.5, 0.6) is 0 Å². The molecule has 2 aromatic rings. The van der Waals surface area contributed by atoms with Crippen LogP contribution in [-0.2, 0) is 33.8 Å². The molecule has 0 bridgehead atoms. The van der Waals surface area contributed by atoms with Crippen LogP contribution in [-0.4, -0.2) is 54.7 Å². The minimum absolute atomic E-state index is 0.0929. The van der Waals surface area contributed by atoms with Crippen LogP contribution >= 0.6 is 0 Å². The monoisotopic (exact) mass is 517 g/mol. The van der Waals surface area contributed by atoms with Gasteiger partial charge in [0.25, 0.3) is 5.91 Å². The number of Topliss-reactive ketones (excluding diaryl/α,β-unsaturated/α-hetero) is 1. The predicted octanol–water partition coefficient (Wildman–Crippen LogP) is 3.03. The van der Waals surface area contributed by atoms with Crippen molar-refractivity contribution in [3.63, 3.8) is 0 Å². The lowest BCUT2D eigenvalue weighted by molar-refractivity contribution is -0.136. The van der Waals surface area contributed by atoms with Gasteiger partial charge in [0.2, 0.25) is 11.8 Å². The minimum Gasteiger partial charge on any atom is -0.379 e. The van der Waals surface area contributed by atoms with Gasteiger partial charge in [-0.25, -0.2) is 0 Å². The highest BCUT2D eigenvalue weighted by atomic mass is 16.5. The largest absolute Gasteiger partial charge is 0.379 e. The summed E-state index contributed by atoms with van der Waals surface area (Å²) >= 11 is 0. The molecule has 2 atom stereocenters. The fourth-order valence-electron chi connectivity index (χ4n) is 5.64. The van der Waals surface area contributed by atoms with Crippen LogP contribution in [0.4, 0.5) is 0 Å². The molecule has 8 nitrogen and oxygen atoms in total. The van der Waals surface area contributed by atoms with Gasteiger partial charge in [-0.1, -0.05) is 30.3 Å². The lowest BCUT2D eigenvalue weighted by Crippen LogP contribution is -2.41. The van der Waals surface area contributed by atoms with E-state index < -0.39 is 0 Å². The van der Waals surface area contributed by atoms with Crippen LogP contribution in [0, 0.1) is 11.8 Å². The van der Waals surface area contributed by atoms with Gasteiger partial charge in [-0.05, 0) is 60.9 Å². The van der Waals surface area contributed by atoms with Gasteiger partial charge < -0.3 is 10.1 Å². The number of ketones is 1. The number of aryl methyl sites for hydroxylation is 1. The topological polar surface area (TPSA) is 105 Å². The molecule has 0 radical (unpaired) electrons. The Kier molecular flexibility index (Phi) is 8.29. The van der Waals surface area contributed by atoms with Gasteiger partial charge in [0, 0.05) is 55.6 Å². The third-order valence-electron chi connectivity index (χ3n) is 7.96. The van der Waals surface area contributed by atoms with E-state index in [9.17, 15) is 19.2 Å². The van der Waals surface area contributed by atoms with Gasteiger partial charge >= 0.3 is 0 Å². The number of ether oxygens (including phenoxy) is 1. The van der Waals surface area contributed by atoms with Crippen LogP contribution in [0.3, 0.4) is 0 Å². The second-order valence-electron chi connectivity index (χ2n) is 10.6. The van der Waals surface area contributed by atoms with Crippen molar-refractivity contribution in [3.8, 4) is 0 Å². The van der Waals surface area contributed by atoms with Gasteiger partial charge in [0.1, 0.15) is 0 Å². The van der Waals surface area contributed by atoms with E-state index >= 15 is 0 Å². The highest BCUT2D eigenvalue weighted by molar-refractivity contribution is 6.01. The molecule has 5 rings (SSSR count). The number of benzene rings is 2. The molecule has 2 aromatic carbocycles. The molecule has 0 saturated carbocycles. The summed E-state index contributed by atoms with van der Waals surface area (Å²) in [6.07, 6.45) is 3.78. The first-order chi connectivity index (χ1) is 18.5. The molecule has 3 aliphatic rings. The van der Waals surface area contributed by atoms with Gasteiger partial charge in [-0.2, -0.15) is 0 Å². The molecule has 2 unspecified atom stereocenters. The first-order valence-electron chi connectivity index (χ1n) is 13.6. The van der Waals surface area contributed by atoms with Crippen molar-refractivity contribution in [2.75, 3.05) is 26.3 Å². The van der Waals surface area contributed by atoms with E-state index in [-0.39, 0.29) is 35.3 Å². The van der Waals surface area contributed by atoms with E-state index in [1.165, 1.54) is 5.56 Å². The third kappa shape index (κ3) is 6.37. The van der Waals surface area contributed by atoms with E-state index in [1.807, 2.05) is 42.5 Å². The maximum Gasteiger partial charge on any atom is 0.251 e. The van der Waals surface area contributed by atoms with Crippen molar-refractivity contribution in [1.82, 2.24) is 15.5 Å². The average Bonchev–Trinajstić information content (AvgIpc) is 2.93. The number of imide groups is 1. The number of nitrogens with one attached hydrogen (secondary N) is 2. The molecule has 2 saturated heterocycles. The van der Waals surface area contributed by atoms with E-state index in [0.29, 0.717) is 37.8 Å². The van der Waals surface area contributed by atoms with Gasteiger partial charge in [0.15, 0.2) is 5.78 Å². The molecule has 2 fully saturated rings. The molecule has 0 spiro atoms. The lowest BCUT2D eigenvalue weighted by atomic mass is 9.78. The smallest absolute Gasteiger partial charge is 0.251 e. The number of fused-ring (bicyclic) bond motifs is 1. The highest BCUT2D eigenvalue weighted by Gasteiger charge is 2.31. The number of hydrogen-bond donors (Lipinski definition) is 2. The third-order valence-corrected chi connectivity index (χ3v) is 7.96. The van der Waals surface area contributed by atoms with Crippen LogP contribution in [0.15, 0.2) is 42.5 Å². The molecule has 38 heavy (non-hydrogen) atoms. The Morgan fingerprint density at radius 1 is 0.921 bits per heavy atom. The summed E-state index contributed by atoms with van der Waals surface area (Å²) in [5.41, 5.74) is 4.54. The quantitative estimate of drug-likeness (QED) is 0.522. The van der Waals surface area contributed by atoms with E-state index in [1.54, 1.807) is 0 Å². The van der Waals surface area contributed by atoms with E-state index in [4.69, 9.17) is 4.74 Å². The van der Waals surface area contributed by atoms with Crippen molar-refractivity contribution in [3.05, 3.63) is 70.3 Å². The fraction of sp³-hybridized carbons (Fsp3) is 0.467. The molecular weight excluding hydrogens is 482 g/mol. The molecule has 2 heterocycles. The summed E-state index contributed by atoms with van der Waals surface area (Å²) in [5.74, 6) is -0.686. The summed E-state index contributed by atoms with van der Waals surface area (Å²) in [6, 6.07) is 13.5. The summed E-state index contributed by atoms with van der Waals surface area (Å²) < 4.78 is 5.40. The van der Waals surface area contributed by atoms with Gasteiger partial charge in [0.05, 0.1) is 13.2 Å². The van der Waals surface area contributed by atoms with Crippen LogP contribution in [0.25, 0.3) is 0 Å². The first kappa shape index (κ1) is 26.3. The Hall–Kier alpha value is -3.36. The standard InChI is InChI=1S/C30H35N3O5/c34-27-12-10-24(30(37)32-27)8-6-22-7-9-25-17-21(3-11-26(25)28(22)35)18-31-29(36)23-4-1-20(2-5-23)19-33-13-15-38-16-14-33/h1-5,11,17,22,24H,6-10,12-16,18-19H2,(H,31,36)(H,32,34,37). The highest BCUT2D eigenvalue weighted by Crippen LogP contribution is 2.31. The molecule has 8 heteroatoms. The number of rotatable bonds is 8. The van der Waals surface area contributed by atoms with Crippen molar-refractivity contribution in [2.45, 2.75) is 51.6 Å². The number of carbonyl (C=O) groups is 4. The number of amides is 3. The van der Waals surface area contributed by atoms with Crippen LogP contribution in [0.1, 0.15) is 69.5 Å². The van der Waals surface area contributed by atoms with Gasteiger partial charge in [-0.3, -0.25) is 29.4 Å². The fourth-order valence-corrected chi connectivity index (χ4v) is 5.64. The number of hydrogen-bond acceptors (Lipinski definition) is 6. The summed E-state index contributed by atoms with van der Waals surface area (Å²) in [5, 5.41) is 5.39. The summed E-state index contributed by atoms with van der Waals surface area (Å²) in [6.45, 7) is 4.64. The Morgan fingerprint density at radius 2 is 1.63 bits per heavy atom. The van der Waals surface area contributed by atoms with Crippen molar-refractivity contribution < 1.29 is 23.9 Å². The molecular formula is C30H35N3O5. The summed E-state index contributed by atoms with van der Waals surface area (Å²) in [7, 11) is 0.